The average molecular weight is 429 g/mol. The second kappa shape index (κ2) is 8.35. The van der Waals surface area contributed by atoms with Crippen LogP contribution in [0.25, 0.3) is 6.08 Å². The van der Waals surface area contributed by atoms with E-state index in [9.17, 15) is 19.5 Å². The van der Waals surface area contributed by atoms with E-state index in [1.165, 1.54) is 24.3 Å². The molecular formula is C24H19N3O5. The number of nitrogens with zero attached hydrogens (tertiary/aromatic N) is 2. The third-order valence-electron chi connectivity index (χ3n) is 4.81. The number of furan rings is 1. The summed E-state index contributed by atoms with van der Waals surface area (Å²) in [4.78, 5) is 36.6. The van der Waals surface area contributed by atoms with Gasteiger partial charge in [0.15, 0.2) is 5.76 Å². The standard InChI is InChI=1S/C24H19N3O5/c1-14-5-3-7-17(11-14)25-22(28)21-10-9-19(32-21)13-20-15(2)26-27(23(20)29)18-8-4-6-16(12-18)24(30)31/h3-13H,1-2H3,(H,25,28)(H,30,31)/b20-13-. The number of aromatic carboxylic acids is 1. The van der Waals surface area contributed by atoms with Crippen LogP contribution >= 0.6 is 0 Å². The van der Waals surface area contributed by atoms with Crippen LogP contribution in [0, 0.1) is 6.92 Å². The molecule has 0 saturated carbocycles. The van der Waals surface area contributed by atoms with Crippen LogP contribution in [0.1, 0.15) is 39.2 Å². The summed E-state index contributed by atoms with van der Waals surface area (Å²) in [6, 6.07) is 16.5. The Bertz CT molecular complexity index is 1300. The summed E-state index contributed by atoms with van der Waals surface area (Å²) in [7, 11) is 0. The summed E-state index contributed by atoms with van der Waals surface area (Å²) >= 11 is 0. The molecule has 0 bridgehead atoms. The van der Waals surface area contributed by atoms with Gasteiger partial charge in [-0.1, -0.05) is 18.2 Å². The fourth-order valence-electron chi connectivity index (χ4n) is 3.24. The number of carboxylic acid groups (broad SMARTS) is 1. The number of carboxylic acids is 1. The predicted molar refractivity (Wildman–Crippen MR) is 120 cm³/mol. The van der Waals surface area contributed by atoms with Gasteiger partial charge in [0.05, 0.1) is 22.5 Å². The van der Waals surface area contributed by atoms with Crippen LogP contribution in [0.2, 0.25) is 0 Å². The van der Waals surface area contributed by atoms with Gasteiger partial charge in [0, 0.05) is 5.69 Å². The second-order valence-electron chi connectivity index (χ2n) is 7.24. The second-order valence-corrected chi connectivity index (χ2v) is 7.24. The average Bonchev–Trinajstić information content (AvgIpc) is 3.34. The van der Waals surface area contributed by atoms with Crippen LogP contribution in [-0.2, 0) is 4.79 Å². The molecule has 2 aromatic carbocycles. The lowest BCUT2D eigenvalue weighted by Crippen LogP contribution is -2.21. The van der Waals surface area contributed by atoms with E-state index in [1.54, 1.807) is 31.2 Å². The predicted octanol–water partition coefficient (Wildman–Crippen LogP) is 4.34. The lowest BCUT2D eigenvalue weighted by Gasteiger charge is -2.12. The Hall–Kier alpha value is -4.46. The minimum absolute atomic E-state index is 0.0517. The van der Waals surface area contributed by atoms with Crippen LogP contribution in [0.3, 0.4) is 0 Å². The molecule has 0 aliphatic carbocycles. The van der Waals surface area contributed by atoms with Gasteiger partial charge in [-0.2, -0.15) is 10.1 Å². The zero-order valence-corrected chi connectivity index (χ0v) is 17.3. The maximum absolute atomic E-state index is 12.9. The summed E-state index contributed by atoms with van der Waals surface area (Å²) in [5, 5.41) is 17.3. The molecule has 0 saturated heterocycles. The quantitative estimate of drug-likeness (QED) is 0.586. The Labute approximate surface area is 183 Å². The first-order chi connectivity index (χ1) is 15.3. The third kappa shape index (κ3) is 4.20. The van der Waals surface area contributed by atoms with Gasteiger partial charge in [-0.15, -0.1) is 0 Å². The van der Waals surface area contributed by atoms with E-state index < -0.39 is 17.8 Å². The van der Waals surface area contributed by atoms with Crippen molar-refractivity contribution in [2.75, 3.05) is 10.3 Å². The van der Waals surface area contributed by atoms with Gasteiger partial charge >= 0.3 is 5.97 Å². The van der Waals surface area contributed by atoms with Gasteiger partial charge in [-0.25, -0.2) is 4.79 Å². The minimum Gasteiger partial charge on any atom is -0.478 e. The summed E-state index contributed by atoms with van der Waals surface area (Å²) in [5.74, 6) is -1.51. The van der Waals surface area contributed by atoms with Crippen LogP contribution in [0.15, 0.2) is 75.8 Å². The normalized spacial score (nSPS) is 14.6. The van der Waals surface area contributed by atoms with Crippen LogP contribution in [0.4, 0.5) is 11.4 Å². The third-order valence-corrected chi connectivity index (χ3v) is 4.81. The molecule has 1 aliphatic heterocycles. The number of anilines is 2. The summed E-state index contributed by atoms with van der Waals surface area (Å²) in [6.45, 7) is 3.59. The van der Waals surface area contributed by atoms with E-state index in [1.807, 2.05) is 25.1 Å². The highest BCUT2D eigenvalue weighted by molar-refractivity contribution is 6.32. The molecule has 1 aromatic heterocycles. The smallest absolute Gasteiger partial charge is 0.335 e. The fourth-order valence-corrected chi connectivity index (χ4v) is 3.24. The number of benzene rings is 2. The van der Waals surface area contributed by atoms with Crippen molar-refractivity contribution in [2.45, 2.75) is 13.8 Å². The van der Waals surface area contributed by atoms with Gasteiger partial charge < -0.3 is 14.8 Å². The molecule has 8 heteroatoms. The number of hydrogen-bond acceptors (Lipinski definition) is 5. The van der Waals surface area contributed by atoms with E-state index in [0.717, 1.165) is 10.6 Å². The van der Waals surface area contributed by atoms with Gasteiger partial charge in [0.2, 0.25) is 0 Å². The Morgan fingerprint density at radius 3 is 2.59 bits per heavy atom. The van der Waals surface area contributed by atoms with E-state index in [0.29, 0.717) is 22.8 Å². The molecule has 3 aromatic rings. The summed E-state index contributed by atoms with van der Waals surface area (Å²) in [5.41, 5.74) is 2.79. The molecule has 0 atom stereocenters. The van der Waals surface area contributed by atoms with Crippen molar-refractivity contribution < 1.29 is 23.9 Å². The number of hydrazone groups is 1. The monoisotopic (exact) mass is 429 g/mol. The molecule has 0 radical (unpaired) electrons. The van der Waals surface area contributed by atoms with Crippen molar-refractivity contribution in [3.8, 4) is 0 Å². The first-order valence-electron chi connectivity index (χ1n) is 9.75. The molecular weight excluding hydrogens is 410 g/mol. The maximum Gasteiger partial charge on any atom is 0.335 e. The van der Waals surface area contributed by atoms with Crippen molar-refractivity contribution in [3.63, 3.8) is 0 Å². The van der Waals surface area contributed by atoms with Gasteiger partial charge in [-0.3, -0.25) is 9.59 Å². The van der Waals surface area contributed by atoms with E-state index >= 15 is 0 Å². The topological polar surface area (TPSA) is 112 Å². The molecule has 0 spiro atoms. The number of carbonyl (C=O) groups excluding carboxylic acids is 2. The van der Waals surface area contributed by atoms with Crippen molar-refractivity contribution in [1.29, 1.82) is 0 Å². The van der Waals surface area contributed by atoms with Crippen molar-refractivity contribution in [1.82, 2.24) is 0 Å². The SMILES string of the molecule is CC1=NN(c2cccc(C(=O)O)c2)C(=O)/C1=C\c1ccc(C(=O)Nc2cccc(C)c2)o1. The Balaban J connectivity index is 1.53. The summed E-state index contributed by atoms with van der Waals surface area (Å²) in [6.07, 6.45) is 1.51. The zero-order valence-electron chi connectivity index (χ0n) is 17.3. The number of nitrogens with one attached hydrogen (secondary N) is 1. The van der Waals surface area contributed by atoms with E-state index in [2.05, 4.69) is 10.4 Å². The number of carbonyl (C=O) groups is 3. The Morgan fingerprint density at radius 1 is 1.06 bits per heavy atom. The lowest BCUT2D eigenvalue weighted by atomic mass is 10.1. The largest absolute Gasteiger partial charge is 0.478 e. The first kappa shape index (κ1) is 20.8. The molecule has 2 heterocycles. The number of aryl methyl sites for hydroxylation is 1. The Morgan fingerprint density at radius 2 is 1.84 bits per heavy atom. The molecule has 2 amide bonds. The minimum atomic E-state index is -1.10. The molecule has 160 valence electrons. The molecule has 32 heavy (non-hydrogen) atoms. The zero-order chi connectivity index (χ0) is 22.8. The highest BCUT2D eigenvalue weighted by atomic mass is 16.4. The van der Waals surface area contributed by atoms with E-state index in [-0.39, 0.29) is 16.9 Å². The van der Waals surface area contributed by atoms with Crippen molar-refractivity contribution in [3.05, 3.63) is 88.9 Å². The number of hydrogen-bond donors (Lipinski definition) is 2. The fraction of sp³-hybridized carbons (Fsp3) is 0.0833. The Kier molecular flexibility index (Phi) is 5.43. The highest BCUT2D eigenvalue weighted by Gasteiger charge is 2.29. The molecule has 2 N–H and O–H groups in total. The van der Waals surface area contributed by atoms with Crippen molar-refractivity contribution in [2.24, 2.45) is 5.10 Å². The van der Waals surface area contributed by atoms with Crippen LogP contribution in [0.5, 0.6) is 0 Å². The first-order valence-corrected chi connectivity index (χ1v) is 9.75. The van der Waals surface area contributed by atoms with Gasteiger partial charge in [-0.05, 0) is 68.0 Å². The molecule has 1 aliphatic rings. The number of amides is 2. The van der Waals surface area contributed by atoms with Gasteiger partial charge in [0.25, 0.3) is 11.8 Å². The van der Waals surface area contributed by atoms with Crippen LogP contribution < -0.4 is 10.3 Å². The molecule has 0 unspecified atom stereocenters. The van der Waals surface area contributed by atoms with Gasteiger partial charge in [0.1, 0.15) is 5.76 Å². The molecule has 0 fully saturated rings. The maximum atomic E-state index is 12.9. The molecule has 8 nitrogen and oxygen atoms in total. The van der Waals surface area contributed by atoms with Crippen LogP contribution in [-0.4, -0.2) is 28.6 Å². The summed E-state index contributed by atoms with van der Waals surface area (Å²) < 4.78 is 5.61. The lowest BCUT2D eigenvalue weighted by molar-refractivity contribution is -0.114. The van der Waals surface area contributed by atoms with E-state index in [4.69, 9.17) is 4.42 Å². The highest BCUT2D eigenvalue weighted by Crippen LogP contribution is 2.26. The molecule has 4 rings (SSSR count). The van der Waals surface area contributed by atoms with Crippen molar-refractivity contribution >= 4 is 40.9 Å². The number of rotatable bonds is 5.